The summed E-state index contributed by atoms with van der Waals surface area (Å²) in [6.07, 6.45) is -13.0. The Bertz CT molecular complexity index is 1290. The minimum atomic E-state index is -5.63. The van der Waals surface area contributed by atoms with Crippen molar-refractivity contribution in [3.63, 3.8) is 0 Å². The number of aliphatic hydroxyl groups is 5. The Kier molecular flexibility index (Phi) is 10.9. The largest absolute Gasteiger partial charge is 0.483 e. The second kappa shape index (κ2) is 13.0. The van der Waals surface area contributed by atoms with E-state index in [0.717, 1.165) is 17.7 Å². The van der Waals surface area contributed by atoms with Gasteiger partial charge in [-0.25, -0.2) is 13.9 Å². The van der Waals surface area contributed by atoms with Crippen molar-refractivity contribution < 1.29 is 72.1 Å². The summed E-state index contributed by atoms with van der Waals surface area (Å²) >= 11 is 1.60. The molecule has 9 N–H and O–H groups in total. The number of carbonyl (C=O) groups excluding carboxylic acids is 1. The van der Waals surface area contributed by atoms with Crippen LogP contribution in [0.15, 0.2) is 15.8 Å². The summed E-state index contributed by atoms with van der Waals surface area (Å²) in [4.78, 5) is 57.1. The molecule has 11 atom stereocenters. The molecule has 1 amide bonds. The third kappa shape index (κ3) is 7.82. The van der Waals surface area contributed by atoms with Crippen molar-refractivity contribution in [2.75, 3.05) is 13.2 Å². The molecule has 2 fully saturated rings. The molecule has 1 aromatic heterocycles. The lowest BCUT2D eigenvalue weighted by Crippen LogP contribution is -2.64. The van der Waals surface area contributed by atoms with Crippen molar-refractivity contribution in [2.45, 2.75) is 62.1 Å². The van der Waals surface area contributed by atoms with Crippen LogP contribution in [0.3, 0.4) is 0 Å². The maximum atomic E-state index is 12.5. The topological polar surface area (TPSA) is 306 Å². The maximum absolute atomic E-state index is 12.5. The van der Waals surface area contributed by atoms with Gasteiger partial charge in [-0.05, 0) is 22.6 Å². The van der Waals surface area contributed by atoms with Crippen LogP contribution in [0, 0.1) is 3.57 Å². The van der Waals surface area contributed by atoms with E-state index >= 15 is 0 Å². The Labute approximate surface area is 236 Å². The lowest BCUT2D eigenvalue weighted by molar-refractivity contribution is -0.247. The summed E-state index contributed by atoms with van der Waals surface area (Å²) in [7, 11) is -11.2. The van der Waals surface area contributed by atoms with Crippen LogP contribution in [-0.2, 0) is 36.8 Å². The highest BCUT2D eigenvalue weighted by atomic mass is 127. The van der Waals surface area contributed by atoms with Crippen molar-refractivity contribution in [3.8, 4) is 0 Å². The quantitative estimate of drug-likeness (QED) is 0.0817. The fourth-order valence-corrected chi connectivity index (χ4v) is 6.38. The number of nitrogens with one attached hydrogen (secondary N) is 2. The fourth-order valence-electron chi connectivity index (χ4n) is 3.78. The van der Waals surface area contributed by atoms with Crippen LogP contribution in [0.5, 0.6) is 0 Å². The third-order valence-corrected chi connectivity index (χ3v) is 9.00. The molecule has 2 aliphatic rings. The Balaban J connectivity index is 1.67. The second-order valence-corrected chi connectivity index (χ2v) is 12.7. The zero-order chi connectivity index (χ0) is 30.2. The Morgan fingerprint density at radius 1 is 1.07 bits per heavy atom. The monoisotopic (exact) mass is 733 g/mol. The summed E-state index contributed by atoms with van der Waals surface area (Å²) in [5, 5.41) is 52.1. The van der Waals surface area contributed by atoms with Crippen LogP contribution < -0.4 is 16.6 Å². The van der Waals surface area contributed by atoms with E-state index in [-0.39, 0.29) is 3.57 Å². The highest BCUT2D eigenvalue weighted by molar-refractivity contribution is 14.1. The van der Waals surface area contributed by atoms with Crippen LogP contribution >= 0.6 is 38.2 Å². The average molecular weight is 733 g/mol. The van der Waals surface area contributed by atoms with Gasteiger partial charge in [0.05, 0.1) is 16.8 Å². The van der Waals surface area contributed by atoms with Crippen LogP contribution in [0.1, 0.15) is 13.2 Å². The van der Waals surface area contributed by atoms with Gasteiger partial charge in [0, 0.05) is 13.1 Å². The van der Waals surface area contributed by atoms with Crippen molar-refractivity contribution in [2.24, 2.45) is 0 Å². The summed E-state index contributed by atoms with van der Waals surface area (Å²) < 4.78 is 49.4. The predicted molar refractivity (Wildman–Crippen MR) is 133 cm³/mol. The minimum Gasteiger partial charge on any atom is -0.394 e. The van der Waals surface area contributed by atoms with Gasteiger partial charge in [-0.2, -0.15) is 4.31 Å². The number of halogens is 1. The normalized spacial score (nSPS) is 35.6. The van der Waals surface area contributed by atoms with E-state index in [2.05, 4.69) is 18.7 Å². The number of ether oxygens (including phenoxy) is 2. The SMILES string of the molecule is CC(=O)N[C@H]1[C@@H](OP(=O)(O)OP(=O)(O)OC[C@H]2O[C@@H](n3cc(I)c(=O)[nH]c3=O)[C@H](O)[C@@H]2O)O[C@H](CO)[C@@H](O)[C@@H]1O. The second-order valence-electron chi connectivity index (χ2n) is 8.54. The number of aliphatic hydroxyl groups excluding tert-OH is 5. The number of aromatic amines is 1. The first kappa shape index (κ1) is 33.4. The maximum Gasteiger partial charge on any atom is 0.483 e. The smallest absolute Gasteiger partial charge is 0.394 e. The Hall–Kier alpha value is -1.14. The van der Waals surface area contributed by atoms with E-state index in [4.69, 9.17) is 9.47 Å². The van der Waals surface area contributed by atoms with Gasteiger partial charge in [0.1, 0.15) is 42.7 Å². The molecule has 0 aliphatic carbocycles. The van der Waals surface area contributed by atoms with Crippen LogP contribution in [0.4, 0.5) is 0 Å². The van der Waals surface area contributed by atoms with E-state index in [1.54, 1.807) is 22.6 Å². The molecular formula is C17H26IN3O17P2. The molecule has 228 valence electrons. The van der Waals surface area contributed by atoms with E-state index in [1.807, 2.05) is 4.98 Å². The van der Waals surface area contributed by atoms with Crippen molar-refractivity contribution >= 4 is 44.1 Å². The highest BCUT2D eigenvalue weighted by Gasteiger charge is 2.50. The van der Waals surface area contributed by atoms with Gasteiger partial charge in [-0.15, -0.1) is 0 Å². The number of phosphoric ester groups is 2. The highest BCUT2D eigenvalue weighted by Crippen LogP contribution is 2.61. The molecule has 0 saturated carbocycles. The molecule has 2 unspecified atom stereocenters. The molecule has 0 spiro atoms. The predicted octanol–water partition coefficient (Wildman–Crippen LogP) is -4.05. The van der Waals surface area contributed by atoms with Crippen LogP contribution in [0.2, 0.25) is 0 Å². The molecule has 1 aromatic rings. The van der Waals surface area contributed by atoms with Crippen LogP contribution in [-0.4, -0.2) is 113 Å². The molecule has 0 bridgehead atoms. The van der Waals surface area contributed by atoms with Gasteiger partial charge in [-0.3, -0.25) is 28.2 Å². The molecule has 3 rings (SSSR count). The van der Waals surface area contributed by atoms with Gasteiger partial charge in [0.15, 0.2) is 12.5 Å². The lowest BCUT2D eigenvalue weighted by Gasteiger charge is -2.42. The summed E-state index contributed by atoms with van der Waals surface area (Å²) in [5.74, 6) is -0.796. The summed E-state index contributed by atoms with van der Waals surface area (Å²) in [6, 6.07) is -1.70. The zero-order valence-corrected chi connectivity index (χ0v) is 24.1. The third-order valence-electron chi connectivity index (χ3n) is 5.63. The number of phosphoric acid groups is 2. The number of hydrogen-bond acceptors (Lipinski definition) is 15. The molecule has 3 heterocycles. The van der Waals surface area contributed by atoms with Crippen molar-refractivity contribution in [1.82, 2.24) is 14.9 Å². The minimum absolute atomic E-state index is 0.0316. The average Bonchev–Trinajstić information content (AvgIpc) is 3.12. The first-order chi connectivity index (χ1) is 18.5. The van der Waals surface area contributed by atoms with Gasteiger partial charge in [-0.1, -0.05) is 0 Å². The fraction of sp³-hybridized carbons (Fsp3) is 0.706. The van der Waals surface area contributed by atoms with Crippen LogP contribution in [0.25, 0.3) is 0 Å². The molecule has 23 heteroatoms. The Morgan fingerprint density at radius 3 is 2.30 bits per heavy atom. The molecule has 20 nitrogen and oxygen atoms in total. The van der Waals surface area contributed by atoms with E-state index in [1.165, 1.54) is 0 Å². The van der Waals surface area contributed by atoms with Gasteiger partial charge in [0.2, 0.25) is 5.91 Å². The molecule has 40 heavy (non-hydrogen) atoms. The van der Waals surface area contributed by atoms with Gasteiger partial charge < -0.3 is 50.1 Å². The molecular weight excluding hydrogens is 707 g/mol. The summed E-state index contributed by atoms with van der Waals surface area (Å²) in [6.45, 7) is -0.942. The van der Waals surface area contributed by atoms with E-state index in [0.29, 0.717) is 0 Å². The van der Waals surface area contributed by atoms with Crippen molar-refractivity contribution in [3.05, 3.63) is 30.6 Å². The number of rotatable bonds is 10. The molecule has 0 radical (unpaired) electrons. The number of H-pyrrole nitrogens is 1. The number of aromatic nitrogens is 2. The number of hydrogen-bond donors (Lipinski definition) is 9. The number of nitrogens with zero attached hydrogens (tertiary/aromatic N) is 1. The molecule has 0 aromatic carbocycles. The summed E-state index contributed by atoms with van der Waals surface area (Å²) in [5.41, 5.74) is -1.72. The lowest BCUT2D eigenvalue weighted by atomic mass is 9.97. The zero-order valence-electron chi connectivity index (χ0n) is 20.1. The number of carbonyl (C=O) groups is 1. The molecule has 2 aliphatic heterocycles. The standard InChI is InChI=1S/C17H26IN3O17P2/c1-5(23)19-9-12(26)10(24)7(3-22)36-16(9)37-40(32,33)38-39(30,31)34-4-8-11(25)13(27)15(35-8)21-2-6(18)14(28)20-17(21)29/h2,7-13,15-16,22,24-27H,3-4H2,1H3,(H,19,23)(H,30,31)(H,32,33)(H,20,28,29)/t7-,8-,9-,10-,11-,12-,13-,15-,16-/m1/s1. The van der Waals surface area contributed by atoms with E-state index < -0.39 is 101 Å². The van der Waals surface area contributed by atoms with Gasteiger partial charge >= 0.3 is 21.3 Å². The van der Waals surface area contributed by atoms with E-state index in [9.17, 15) is 58.8 Å². The van der Waals surface area contributed by atoms with Crippen molar-refractivity contribution in [1.29, 1.82) is 0 Å². The number of amides is 1. The molecule has 2 saturated heterocycles. The van der Waals surface area contributed by atoms with Gasteiger partial charge in [0.25, 0.3) is 5.56 Å². The first-order valence-corrected chi connectivity index (χ1v) is 15.1. The Morgan fingerprint density at radius 2 is 1.70 bits per heavy atom. The first-order valence-electron chi connectivity index (χ1n) is 11.1.